The molecule has 0 N–H and O–H groups in total. The lowest BCUT2D eigenvalue weighted by molar-refractivity contribution is 0.0354. The average Bonchev–Trinajstić information content (AvgIpc) is 2.76. The summed E-state index contributed by atoms with van der Waals surface area (Å²) in [5.74, 6) is -2.71. The Balaban J connectivity index is 1.60. The van der Waals surface area contributed by atoms with Gasteiger partial charge in [-0.2, -0.15) is 0 Å². The van der Waals surface area contributed by atoms with E-state index in [-0.39, 0.29) is 23.8 Å². The van der Waals surface area contributed by atoms with E-state index in [1.165, 1.54) is 35.4 Å². The molecule has 2 aromatic rings. The van der Waals surface area contributed by atoms with Crippen molar-refractivity contribution in [3.8, 4) is 0 Å². The molecule has 5 nitrogen and oxygen atoms in total. The molecule has 1 unspecified atom stereocenters. The van der Waals surface area contributed by atoms with Crippen LogP contribution in [-0.4, -0.2) is 49.8 Å². The van der Waals surface area contributed by atoms with E-state index in [9.17, 15) is 17.6 Å². The van der Waals surface area contributed by atoms with Crippen molar-refractivity contribution in [3.63, 3.8) is 0 Å². The Morgan fingerprint density at radius 2 is 1.75 bits per heavy atom. The summed E-state index contributed by atoms with van der Waals surface area (Å²) in [7, 11) is 0. The van der Waals surface area contributed by atoms with Gasteiger partial charge in [0.05, 0.1) is 17.7 Å². The Labute approximate surface area is 191 Å². The molecule has 1 saturated heterocycles. The zero-order valence-corrected chi connectivity index (χ0v) is 18.5. The van der Waals surface area contributed by atoms with Crippen LogP contribution in [0.4, 0.5) is 23.2 Å². The molecule has 1 fully saturated rings. The topological polar surface area (TPSA) is 37.3 Å². The predicted octanol–water partition coefficient (Wildman–Crippen LogP) is 4.57. The van der Waals surface area contributed by atoms with E-state index in [0.717, 1.165) is 12.1 Å². The molecule has 2 aromatic carbocycles. The normalized spacial score (nSPS) is 19.5. The van der Waals surface area contributed by atoms with Crippen LogP contribution < -0.4 is 4.90 Å². The fourth-order valence-corrected chi connectivity index (χ4v) is 3.94. The van der Waals surface area contributed by atoms with Gasteiger partial charge >= 0.3 is 0 Å². The van der Waals surface area contributed by atoms with Crippen molar-refractivity contribution >= 4 is 27.5 Å². The van der Waals surface area contributed by atoms with Gasteiger partial charge in [0.1, 0.15) is 41.7 Å². The quantitative estimate of drug-likeness (QED) is 0.548. The largest absolute Gasteiger partial charge is 0.472 e. The van der Waals surface area contributed by atoms with Crippen molar-refractivity contribution in [2.75, 3.05) is 37.7 Å². The van der Waals surface area contributed by atoms with Crippen molar-refractivity contribution in [3.05, 3.63) is 75.9 Å². The maximum atomic E-state index is 14.5. The highest BCUT2D eigenvalue weighted by Gasteiger charge is 2.30. The Kier molecular flexibility index (Phi) is 7.12. The van der Waals surface area contributed by atoms with Gasteiger partial charge in [-0.15, -0.1) is 0 Å². The third-order valence-electron chi connectivity index (χ3n) is 5.14. The first kappa shape index (κ1) is 22.8. The Morgan fingerprint density at radius 3 is 2.44 bits per heavy atom. The van der Waals surface area contributed by atoms with E-state index in [1.54, 1.807) is 0 Å². The lowest BCUT2D eigenvalue weighted by atomic mass is 10.2. The second-order valence-corrected chi connectivity index (χ2v) is 8.16. The molecular formula is C22H20BrF4N3O2. The molecule has 32 heavy (non-hydrogen) atoms. The van der Waals surface area contributed by atoms with E-state index in [1.807, 2.05) is 0 Å². The maximum absolute atomic E-state index is 14.5. The van der Waals surface area contributed by atoms with Gasteiger partial charge in [0.25, 0.3) is 0 Å². The van der Waals surface area contributed by atoms with Crippen molar-refractivity contribution < 1.29 is 27.0 Å². The first-order valence-corrected chi connectivity index (χ1v) is 10.8. The Morgan fingerprint density at radius 1 is 1.03 bits per heavy atom. The highest BCUT2D eigenvalue weighted by molar-refractivity contribution is 9.12. The van der Waals surface area contributed by atoms with Crippen LogP contribution in [0.25, 0.3) is 0 Å². The molecule has 2 heterocycles. The molecule has 0 saturated carbocycles. The molecule has 2 aliphatic heterocycles. The van der Waals surface area contributed by atoms with Gasteiger partial charge in [-0.25, -0.2) is 22.6 Å². The minimum absolute atomic E-state index is 0.153. The summed E-state index contributed by atoms with van der Waals surface area (Å²) in [4.78, 5) is 8.04. The molecule has 10 heteroatoms. The van der Waals surface area contributed by atoms with Crippen molar-refractivity contribution in [2.24, 2.45) is 4.99 Å². The van der Waals surface area contributed by atoms with E-state index in [0.29, 0.717) is 37.3 Å². The van der Waals surface area contributed by atoms with Crippen LogP contribution >= 0.6 is 15.9 Å². The molecule has 0 radical (unpaired) electrons. The summed E-state index contributed by atoms with van der Waals surface area (Å²) in [5, 5.41) is 0. The van der Waals surface area contributed by atoms with Crippen LogP contribution in [0, 0.1) is 23.3 Å². The Hall–Kier alpha value is -2.43. The number of nitrogens with zero attached hydrogens (tertiary/aromatic N) is 3. The Bertz CT molecular complexity index is 1020. The fraction of sp³-hybridized carbons (Fsp3) is 0.318. The summed E-state index contributed by atoms with van der Waals surface area (Å²) in [6, 6.07) is 6.86. The molecule has 2 aliphatic rings. The number of anilines is 1. The zero-order valence-electron chi connectivity index (χ0n) is 16.9. The van der Waals surface area contributed by atoms with Crippen LogP contribution in [-0.2, 0) is 16.1 Å². The zero-order chi connectivity index (χ0) is 22.7. The van der Waals surface area contributed by atoms with Gasteiger partial charge in [0.2, 0.25) is 5.90 Å². The summed E-state index contributed by atoms with van der Waals surface area (Å²) in [6.07, 6.45) is 0.796. The maximum Gasteiger partial charge on any atom is 0.227 e. The minimum Gasteiger partial charge on any atom is -0.472 e. The van der Waals surface area contributed by atoms with Crippen molar-refractivity contribution in [1.82, 2.24) is 4.90 Å². The molecule has 0 aliphatic carbocycles. The van der Waals surface area contributed by atoms with Gasteiger partial charge < -0.3 is 14.4 Å². The molecule has 4 rings (SSSR count). The lowest BCUT2D eigenvalue weighted by Crippen LogP contribution is -2.47. The van der Waals surface area contributed by atoms with Gasteiger partial charge in [-0.3, -0.25) is 4.90 Å². The molecule has 0 spiro atoms. The van der Waals surface area contributed by atoms with Gasteiger partial charge in [-0.1, -0.05) is 6.07 Å². The lowest BCUT2D eigenvalue weighted by Gasteiger charge is -2.36. The van der Waals surface area contributed by atoms with Crippen LogP contribution in [0.2, 0.25) is 0 Å². The van der Waals surface area contributed by atoms with Crippen molar-refractivity contribution in [2.45, 2.75) is 12.8 Å². The van der Waals surface area contributed by atoms with E-state index >= 15 is 0 Å². The average molecular weight is 514 g/mol. The predicted molar refractivity (Wildman–Crippen MR) is 115 cm³/mol. The van der Waals surface area contributed by atoms with Gasteiger partial charge in [-0.05, 0) is 40.2 Å². The number of para-hydroxylation sites is 1. The van der Waals surface area contributed by atoms with E-state index in [4.69, 9.17) is 9.47 Å². The first-order valence-electron chi connectivity index (χ1n) is 9.97. The van der Waals surface area contributed by atoms with Crippen molar-refractivity contribution in [1.29, 1.82) is 0 Å². The summed E-state index contributed by atoms with van der Waals surface area (Å²) in [6.45, 7) is 2.59. The second kappa shape index (κ2) is 10.0. The van der Waals surface area contributed by atoms with Crippen LogP contribution in [0.3, 0.4) is 0 Å². The van der Waals surface area contributed by atoms with Crippen LogP contribution in [0.5, 0.6) is 0 Å². The molecule has 170 valence electrons. The third-order valence-corrected chi connectivity index (χ3v) is 5.69. The molecular weight excluding hydrogens is 494 g/mol. The smallest absolute Gasteiger partial charge is 0.227 e. The standard InChI is InChI=1S/C22H20BrF4N3O2/c23-16-11-30(21-17(25)2-1-3-18(21)26)20(12-29-6-8-31-9-7-29)28-22(16)32-13-14-4-5-15(24)10-19(14)27/h1-5,10-11,20H,6-9,12-13H2. The summed E-state index contributed by atoms with van der Waals surface area (Å²) < 4.78 is 67.6. The highest BCUT2D eigenvalue weighted by atomic mass is 79.9. The summed E-state index contributed by atoms with van der Waals surface area (Å²) >= 11 is 3.33. The summed E-state index contributed by atoms with van der Waals surface area (Å²) in [5.41, 5.74) is -0.0724. The number of aliphatic imine (C=N–C) groups is 1. The number of morpholine rings is 1. The van der Waals surface area contributed by atoms with E-state index in [2.05, 4.69) is 25.8 Å². The van der Waals surface area contributed by atoms with E-state index < -0.39 is 29.4 Å². The third kappa shape index (κ3) is 5.13. The number of halogens is 5. The fourth-order valence-electron chi connectivity index (χ4n) is 3.51. The molecule has 0 aromatic heterocycles. The number of hydrogen-bond acceptors (Lipinski definition) is 5. The molecule has 1 atom stereocenters. The number of benzene rings is 2. The first-order chi connectivity index (χ1) is 15.4. The van der Waals surface area contributed by atoms with Crippen LogP contribution in [0.1, 0.15) is 5.56 Å². The highest BCUT2D eigenvalue weighted by Crippen LogP contribution is 2.31. The number of hydrogen-bond donors (Lipinski definition) is 0. The minimum atomic E-state index is -0.735. The van der Waals surface area contributed by atoms with Crippen LogP contribution in [0.15, 0.2) is 52.1 Å². The molecule has 0 bridgehead atoms. The van der Waals surface area contributed by atoms with Gasteiger partial charge in [0.15, 0.2) is 0 Å². The SMILES string of the molecule is Fc1ccc(COC2=NC(CN3CCOCC3)N(c3c(F)cccc3F)C=C2Br)c(F)c1. The second-order valence-electron chi connectivity index (χ2n) is 7.31. The van der Waals surface area contributed by atoms with Gasteiger partial charge in [0, 0.05) is 37.5 Å². The number of ether oxygens (including phenoxy) is 2. The monoisotopic (exact) mass is 513 g/mol. The molecule has 0 amide bonds. The number of rotatable bonds is 5.